The molecule has 1 aromatic carbocycles. The highest BCUT2D eigenvalue weighted by Crippen LogP contribution is 2.19. The van der Waals surface area contributed by atoms with Crippen molar-refractivity contribution in [2.45, 2.75) is 33.2 Å². The van der Waals surface area contributed by atoms with E-state index in [9.17, 15) is 4.79 Å². The first-order valence-electron chi connectivity index (χ1n) is 5.62. The Morgan fingerprint density at radius 3 is 2.62 bits per heavy atom. The maximum atomic E-state index is 11.6. The number of benzene rings is 1. The summed E-state index contributed by atoms with van der Waals surface area (Å²) in [6.07, 6.45) is 0.938. The Hall–Kier alpha value is -1.35. The number of carbonyl (C=O) groups is 1. The Morgan fingerprint density at radius 2 is 2.12 bits per heavy atom. The van der Waals surface area contributed by atoms with Gasteiger partial charge in [-0.2, -0.15) is 0 Å². The maximum absolute atomic E-state index is 11.6. The molecule has 0 spiro atoms. The SMILES string of the molecule is CCc1cccc(N(C(=O)CO)C(C)C)c1. The second-order valence-electron chi connectivity index (χ2n) is 4.04. The van der Waals surface area contributed by atoms with Crippen LogP contribution in [-0.2, 0) is 11.2 Å². The molecule has 0 saturated heterocycles. The highest BCUT2D eigenvalue weighted by molar-refractivity contribution is 5.94. The maximum Gasteiger partial charge on any atom is 0.252 e. The molecule has 1 amide bonds. The Balaban J connectivity index is 3.05. The third-order valence-corrected chi connectivity index (χ3v) is 2.52. The largest absolute Gasteiger partial charge is 0.387 e. The van der Waals surface area contributed by atoms with E-state index in [1.165, 1.54) is 5.56 Å². The van der Waals surface area contributed by atoms with Gasteiger partial charge in [0.05, 0.1) is 0 Å². The molecule has 3 nitrogen and oxygen atoms in total. The lowest BCUT2D eigenvalue weighted by molar-refractivity contribution is -0.121. The number of hydrogen-bond acceptors (Lipinski definition) is 2. The molecule has 0 fully saturated rings. The standard InChI is InChI=1S/C13H19NO2/c1-4-11-6-5-7-12(8-11)14(10(2)3)13(16)9-15/h5-8,10,15H,4,9H2,1-3H3. The lowest BCUT2D eigenvalue weighted by Crippen LogP contribution is -2.38. The number of hydrogen-bond donors (Lipinski definition) is 1. The Bertz CT molecular complexity index is 361. The van der Waals surface area contributed by atoms with Gasteiger partial charge in [0.2, 0.25) is 0 Å². The van der Waals surface area contributed by atoms with Gasteiger partial charge in [-0.1, -0.05) is 19.1 Å². The van der Waals surface area contributed by atoms with Crippen molar-refractivity contribution in [1.29, 1.82) is 0 Å². The van der Waals surface area contributed by atoms with E-state index in [1.807, 2.05) is 38.1 Å². The van der Waals surface area contributed by atoms with Crippen LogP contribution in [0.1, 0.15) is 26.3 Å². The molecule has 0 unspecified atom stereocenters. The number of aryl methyl sites for hydroxylation is 1. The normalized spacial score (nSPS) is 10.6. The topological polar surface area (TPSA) is 40.5 Å². The number of carbonyl (C=O) groups excluding carboxylic acids is 1. The van der Waals surface area contributed by atoms with Crippen molar-refractivity contribution >= 4 is 11.6 Å². The van der Waals surface area contributed by atoms with Crippen LogP contribution in [0.3, 0.4) is 0 Å². The fourth-order valence-corrected chi connectivity index (χ4v) is 1.73. The molecular formula is C13H19NO2. The molecular weight excluding hydrogens is 202 g/mol. The van der Waals surface area contributed by atoms with Gasteiger partial charge in [-0.05, 0) is 38.0 Å². The zero-order valence-electron chi connectivity index (χ0n) is 10.1. The van der Waals surface area contributed by atoms with Crippen LogP contribution in [0.15, 0.2) is 24.3 Å². The van der Waals surface area contributed by atoms with Crippen molar-refractivity contribution in [2.75, 3.05) is 11.5 Å². The monoisotopic (exact) mass is 221 g/mol. The summed E-state index contributed by atoms with van der Waals surface area (Å²) in [4.78, 5) is 13.3. The average Bonchev–Trinajstić information content (AvgIpc) is 2.29. The predicted molar refractivity (Wildman–Crippen MR) is 65.5 cm³/mol. The molecule has 0 aliphatic carbocycles. The first-order valence-corrected chi connectivity index (χ1v) is 5.62. The van der Waals surface area contributed by atoms with Crippen molar-refractivity contribution in [1.82, 2.24) is 0 Å². The van der Waals surface area contributed by atoms with Gasteiger partial charge in [0.1, 0.15) is 6.61 Å². The zero-order valence-corrected chi connectivity index (χ0v) is 10.1. The number of amides is 1. The summed E-state index contributed by atoms with van der Waals surface area (Å²) in [6.45, 7) is 5.50. The molecule has 88 valence electrons. The fraction of sp³-hybridized carbons (Fsp3) is 0.462. The predicted octanol–water partition coefficient (Wildman–Crippen LogP) is 1.98. The summed E-state index contributed by atoms with van der Waals surface area (Å²) in [5.74, 6) is -0.261. The molecule has 1 aromatic rings. The smallest absolute Gasteiger partial charge is 0.252 e. The Morgan fingerprint density at radius 1 is 1.44 bits per heavy atom. The van der Waals surface area contributed by atoms with Crippen LogP contribution >= 0.6 is 0 Å². The first-order chi connectivity index (χ1) is 7.60. The van der Waals surface area contributed by atoms with Gasteiger partial charge in [-0.15, -0.1) is 0 Å². The number of aliphatic hydroxyl groups is 1. The second kappa shape index (κ2) is 5.66. The lowest BCUT2D eigenvalue weighted by atomic mass is 10.1. The molecule has 0 saturated carbocycles. The van der Waals surface area contributed by atoms with Crippen LogP contribution in [0.5, 0.6) is 0 Å². The minimum atomic E-state index is -0.450. The lowest BCUT2D eigenvalue weighted by Gasteiger charge is -2.26. The quantitative estimate of drug-likeness (QED) is 0.844. The van der Waals surface area contributed by atoms with Crippen molar-refractivity contribution in [3.63, 3.8) is 0 Å². The van der Waals surface area contributed by atoms with E-state index >= 15 is 0 Å². The highest BCUT2D eigenvalue weighted by Gasteiger charge is 2.17. The van der Waals surface area contributed by atoms with Crippen molar-refractivity contribution in [3.05, 3.63) is 29.8 Å². The highest BCUT2D eigenvalue weighted by atomic mass is 16.3. The molecule has 0 atom stereocenters. The van der Waals surface area contributed by atoms with Crippen LogP contribution in [0.4, 0.5) is 5.69 Å². The molecule has 0 bridgehead atoms. The summed E-state index contributed by atoms with van der Waals surface area (Å²) in [5.41, 5.74) is 2.04. The molecule has 0 aromatic heterocycles. The van der Waals surface area contributed by atoms with Gasteiger partial charge in [0.25, 0.3) is 5.91 Å². The van der Waals surface area contributed by atoms with E-state index in [0.717, 1.165) is 12.1 Å². The molecule has 1 N–H and O–H groups in total. The molecule has 1 rings (SSSR count). The third-order valence-electron chi connectivity index (χ3n) is 2.52. The summed E-state index contributed by atoms with van der Waals surface area (Å²) in [7, 11) is 0. The van der Waals surface area contributed by atoms with Crippen LogP contribution in [0.2, 0.25) is 0 Å². The molecule has 0 aliphatic rings. The minimum Gasteiger partial charge on any atom is -0.387 e. The Kier molecular flexibility index (Phi) is 4.50. The van der Waals surface area contributed by atoms with Crippen molar-refractivity contribution in [3.8, 4) is 0 Å². The van der Waals surface area contributed by atoms with E-state index in [1.54, 1.807) is 4.90 Å². The van der Waals surface area contributed by atoms with E-state index in [0.29, 0.717) is 0 Å². The van der Waals surface area contributed by atoms with E-state index in [4.69, 9.17) is 5.11 Å². The third kappa shape index (κ3) is 2.83. The number of nitrogens with zero attached hydrogens (tertiary/aromatic N) is 1. The van der Waals surface area contributed by atoms with Crippen LogP contribution in [0, 0.1) is 0 Å². The van der Waals surface area contributed by atoms with E-state index < -0.39 is 6.61 Å². The number of anilines is 1. The van der Waals surface area contributed by atoms with E-state index in [-0.39, 0.29) is 11.9 Å². The molecule has 0 aliphatic heterocycles. The average molecular weight is 221 g/mol. The second-order valence-corrected chi connectivity index (χ2v) is 4.04. The van der Waals surface area contributed by atoms with Gasteiger partial charge < -0.3 is 10.0 Å². The van der Waals surface area contributed by atoms with Gasteiger partial charge in [-0.3, -0.25) is 4.79 Å². The minimum absolute atomic E-state index is 0.0479. The van der Waals surface area contributed by atoms with Gasteiger partial charge in [0, 0.05) is 11.7 Å². The van der Waals surface area contributed by atoms with Gasteiger partial charge in [-0.25, -0.2) is 0 Å². The Labute approximate surface area is 96.7 Å². The molecule has 3 heteroatoms. The van der Waals surface area contributed by atoms with Crippen LogP contribution in [0.25, 0.3) is 0 Å². The summed E-state index contributed by atoms with van der Waals surface area (Å²) in [6, 6.07) is 7.91. The first kappa shape index (κ1) is 12.7. The number of aliphatic hydroxyl groups excluding tert-OH is 1. The van der Waals surface area contributed by atoms with Gasteiger partial charge in [0.15, 0.2) is 0 Å². The van der Waals surface area contributed by atoms with Crippen LogP contribution < -0.4 is 4.90 Å². The fourth-order valence-electron chi connectivity index (χ4n) is 1.73. The molecule has 16 heavy (non-hydrogen) atoms. The van der Waals surface area contributed by atoms with Crippen molar-refractivity contribution < 1.29 is 9.90 Å². The summed E-state index contributed by atoms with van der Waals surface area (Å²) >= 11 is 0. The summed E-state index contributed by atoms with van der Waals surface area (Å²) in [5, 5.41) is 8.95. The molecule has 0 heterocycles. The van der Waals surface area contributed by atoms with Crippen LogP contribution in [-0.4, -0.2) is 23.7 Å². The summed E-state index contributed by atoms with van der Waals surface area (Å²) < 4.78 is 0. The van der Waals surface area contributed by atoms with Crippen molar-refractivity contribution in [2.24, 2.45) is 0 Å². The zero-order chi connectivity index (χ0) is 12.1. The molecule has 0 radical (unpaired) electrons. The number of rotatable bonds is 4. The van der Waals surface area contributed by atoms with E-state index in [2.05, 4.69) is 6.92 Å². The van der Waals surface area contributed by atoms with Gasteiger partial charge >= 0.3 is 0 Å².